The molecule has 2 aromatic heterocycles. The highest BCUT2D eigenvalue weighted by Crippen LogP contribution is 2.29. The monoisotopic (exact) mass is 277 g/mol. The molecule has 0 unspecified atom stereocenters. The summed E-state index contributed by atoms with van der Waals surface area (Å²) in [6.07, 6.45) is 4.15. The smallest absolute Gasteiger partial charge is 0.318 e. The molecule has 0 N–H and O–H groups in total. The van der Waals surface area contributed by atoms with Crippen LogP contribution in [0.2, 0.25) is 0 Å². The zero-order valence-electron chi connectivity index (χ0n) is 10.5. The van der Waals surface area contributed by atoms with E-state index in [4.69, 9.17) is 4.42 Å². The highest BCUT2D eigenvalue weighted by Gasteiger charge is 2.31. The van der Waals surface area contributed by atoms with Crippen molar-refractivity contribution in [3.05, 3.63) is 11.7 Å². The van der Waals surface area contributed by atoms with E-state index in [0.717, 1.165) is 18.0 Å². The minimum atomic E-state index is 0.550. The van der Waals surface area contributed by atoms with Crippen LogP contribution in [0.4, 0.5) is 6.01 Å². The van der Waals surface area contributed by atoms with Crippen molar-refractivity contribution in [3.8, 4) is 10.8 Å². The average molecular weight is 277 g/mol. The number of rotatable bonds is 2. The molecule has 7 heteroatoms. The number of anilines is 1. The van der Waals surface area contributed by atoms with Crippen molar-refractivity contribution in [2.75, 3.05) is 31.1 Å². The summed E-state index contributed by atoms with van der Waals surface area (Å²) in [5.41, 5.74) is 1.78. The summed E-state index contributed by atoms with van der Waals surface area (Å²) in [6, 6.07) is 1.21. The van der Waals surface area contributed by atoms with E-state index in [2.05, 4.69) is 25.0 Å². The van der Waals surface area contributed by atoms with Crippen LogP contribution in [0.1, 0.15) is 12.8 Å². The largest absolute Gasteiger partial charge is 0.402 e. The first kappa shape index (κ1) is 11.4. The molecule has 0 amide bonds. The summed E-state index contributed by atoms with van der Waals surface area (Å²) in [5, 5.41) is 8.37. The molecule has 6 nitrogen and oxygen atoms in total. The number of nitrogens with zero attached hydrogens (tertiary/aromatic N) is 5. The van der Waals surface area contributed by atoms with Gasteiger partial charge in [0.1, 0.15) is 4.88 Å². The Morgan fingerprint density at radius 2 is 2.05 bits per heavy atom. The first-order valence-corrected chi connectivity index (χ1v) is 7.49. The Morgan fingerprint density at radius 3 is 2.84 bits per heavy atom. The molecule has 2 bridgehead atoms. The normalized spacial score (nSPS) is 26.6. The van der Waals surface area contributed by atoms with Gasteiger partial charge in [0.05, 0.1) is 11.7 Å². The highest BCUT2D eigenvalue weighted by atomic mass is 32.1. The third-order valence-corrected chi connectivity index (χ3v) is 4.72. The van der Waals surface area contributed by atoms with Crippen LogP contribution in [0.3, 0.4) is 0 Å². The summed E-state index contributed by atoms with van der Waals surface area (Å²) in [4.78, 5) is 9.77. The van der Waals surface area contributed by atoms with Crippen molar-refractivity contribution in [2.24, 2.45) is 0 Å². The van der Waals surface area contributed by atoms with E-state index in [-0.39, 0.29) is 0 Å². The third kappa shape index (κ3) is 2.02. The van der Waals surface area contributed by atoms with Crippen LogP contribution in [0.15, 0.2) is 16.1 Å². The van der Waals surface area contributed by atoms with Gasteiger partial charge >= 0.3 is 6.01 Å². The van der Waals surface area contributed by atoms with Crippen LogP contribution in [0.25, 0.3) is 10.8 Å². The van der Waals surface area contributed by atoms with Crippen LogP contribution >= 0.6 is 11.3 Å². The number of thiazole rings is 1. The van der Waals surface area contributed by atoms with Gasteiger partial charge in [0, 0.05) is 32.2 Å². The molecule has 19 heavy (non-hydrogen) atoms. The van der Waals surface area contributed by atoms with Crippen molar-refractivity contribution in [3.63, 3.8) is 0 Å². The van der Waals surface area contributed by atoms with Crippen LogP contribution in [0, 0.1) is 0 Å². The lowest BCUT2D eigenvalue weighted by molar-refractivity contribution is 0.249. The molecule has 0 spiro atoms. The van der Waals surface area contributed by atoms with Crippen LogP contribution in [-0.2, 0) is 0 Å². The minimum absolute atomic E-state index is 0.550. The zero-order chi connectivity index (χ0) is 12.7. The third-order valence-electron chi connectivity index (χ3n) is 3.96. The van der Waals surface area contributed by atoms with Crippen molar-refractivity contribution >= 4 is 17.4 Å². The summed E-state index contributed by atoms with van der Waals surface area (Å²) >= 11 is 1.52. The Hall–Kier alpha value is -1.47. The van der Waals surface area contributed by atoms with Crippen LogP contribution in [-0.4, -0.2) is 52.3 Å². The maximum atomic E-state index is 5.83. The molecule has 3 fully saturated rings. The molecule has 100 valence electrons. The van der Waals surface area contributed by atoms with E-state index in [9.17, 15) is 0 Å². The molecule has 3 saturated heterocycles. The Morgan fingerprint density at radius 1 is 1.16 bits per heavy atom. The van der Waals surface area contributed by atoms with Crippen LogP contribution < -0.4 is 4.90 Å². The van der Waals surface area contributed by atoms with Gasteiger partial charge in [0.15, 0.2) is 0 Å². The lowest BCUT2D eigenvalue weighted by Gasteiger charge is -2.29. The van der Waals surface area contributed by atoms with E-state index >= 15 is 0 Å². The molecular formula is C12H15N5OS. The Kier molecular flexibility index (Phi) is 2.73. The van der Waals surface area contributed by atoms with Gasteiger partial charge in [-0.05, 0) is 12.8 Å². The van der Waals surface area contributed by atoms with E-state index in [0.29, 0.717) is 17.9 Å². The fourth-order valence-electron chi connectivity index (χ4n) is 2.89. The first-order chi connectivity index (χ1) is 9.40. The van der Waals surface area contributed by atoms with Gasteiger partial charge in [-0.15, -0.1) is 16.4 Å². The molecule has 5 rings (SSSR count). The summed E-state index contributed by atoms with van der Waals surface area (Å²) in [7, 11) is 0. The maximum Gasteiger partial charge on any atom is 0.318 e. The Labute approximate surface area is 115 Å². The van der Waals surface area contributed by atoms with Gasteiger partial charge in [-0.1, -0.05) is 5.10 Å². The fourth-order valence-corrected chi connectivity index (χ4v) is 3.43. The molecule has 0 saturated carbocycles. The quantitative estimate of drug-likeness (QED) is 0.828. The molecule has 0 atom stereocenters. The predicted octanol–water partition coefficient (Wildman–Crippen LogP) is 1.48. The topological polar surface area (TPSA) is 58.3 Å². The summed E-state index contributed by atoms with van der Waals surface area (Å²) in [6.45, 7) is 4.46. The lowest BCUT2D eigenvalue weighted by Crippen LogP contribution is -2.38. The molecule has 0 aliphatic carbocycles. The van der Waals surface area contributed by atoms with Gasteiger partial charge in [-0.2, -0.15) is 0 Å². The first-order valence-electron chi connectivity index (χ1n) is 6.61. The van der Waals surface area contributed by atoms with Gasteiger partial charge in [0.2, 0.25) is 0 Å². The lowest BCUT2D eigenvalue weighted by atomic mass is 10.1. The molecule has 3 aliphatic heterocycles. The number of hydrogen-bond donors (Lipinski definition) is 0. The van der Waals surface area contributed by atoms with E-state index < -0.39 is 0 Å². The number of hydrogen-bond acceptors (Lipinski definition) is 7. The standard InChI is InChI=1S/C12H15N5OS/c1-3-16-4-2-9(1)17(6-5-16)12-15-14-11(18-12)10-7-13-8-19-10/h7-9H,1-6H2. The van der Waals surface area contributed by atoms with Crippen molar-refractivity contribution < 1.29 is 4.42 Å². The van der Waals surface area contributed by atoms with Crippen LogP contribution in [0.5, 0.6) is 0 Å². The second kappa shape index (κ2) is 4.57. The molecule has 0 aromatic carbocycles. The van der Waals surface area contributed by atoms with Gasteiger partial charge < -0.3 is 14.2 Å². The predicted molar refractivity (Wildman–Crippen MR) is 72.2 cm³/mol. The molecule has 3 aliphatic rings. The zero-order valence-corrected chi connectivity index (χ0v) is 11.3. The Balaban J connectivity index is 1.62. The Bertz CT molecular complexity index is 546. The van der Waals surface area contributed by atoms with E-state index in [1.165, 1.54) is 37.3 Å². The van der Waals surface area contributed by atoms with Crippen molar-refractivity contribution in [1.82, 2.24) is 20.1 Å². The van der Waals surface area contributed by atoms with Gasteiger partial charge in [0.25, 0.3) is 5.89 Å². The molecule has 0 radical (unpaired) electrons. The minimum Gasteiger partial charge on any atom is -0.402 e. The SMILES string of the molecule is c1ncc(-c2nnc(N3CCN4CCC3CC4)o2)s1. The highest BCUT2D eigenvalue weighted by molar-refractivity contribution is 7.13. The number of fused-ring (bicyclic) bond motifs is 4. The van der Waals surface area contributed by atoms with Crippen molar-refractivity contribution in [2.45, 2.75) is 18.9 Å². The summed E-state index contributed by atoms with van der Waals surface area (Å²) in [5.74, 6) is 0.580. The van der Waals surface area contributed by atoms with Gasteiger partial charge in [-0.25, -0.2) is 0 Å². The molecule has 5 heterocycles. The number of piperidine rings is 1. The fraction of sp³-hybridized carbons (Fsp3) is 0.583. The number of aromatic nitrogens is 3. The van der Waals surface area contributed by atoms with E-state index in [1.54, 1.807) is 11.7 Å². The summed E-state index contributed by atoms with van der Waals surface area (Å²) < 4.78 is 5.83. The van der Waals surface area contributed by atoms with E-state index in [1.807, 2.05) is 0 Å². The molecular weight excluding hydrogens is 262 g/mol. The molecule has 2 aromatic rings. The second-order valence-corrected chi connectivity index (χ2v) is 5.91. The second-order valence-electron chi connectivity index (χ2n) is 5.02. The maximum absolute atomic E-state index is 5.83. The van der Waals surface area contributed by atoms with Crippen molar-refractivity contribution in [1.29, 1.82) is 0 Å². The average Bonchev–Trinajstić information content (AvgIpc) is 3.05. The van der Waals surface area contributed by atoms with Gasteiger partial charge in [-0.3, -0.25) is 4.98 Å².